The number of carbonyl (C=O) groups excluding carboxylic acids is 1. The van der Waals surface area contributed by atoms with E-state index >= 15 is 0 Å². The largest absolute Gasteiger partial charge is 0.497 e. The summed E-state index contributed by atoms with van der Waals surface area (Å²) in [7, 11) is 1.63. The number of methoxy groups -OCH3 is 1. The third-order valence-electron chi connectivity index (χ3n) is 7.29. The highest BCUT2D eigenvalue weighted by Crippen LogP contribution is 2.40. The van der Waals surface area contributed by atoms with E-state index in [9.17, 15) is 4.79 Å². The second-order valence-corrected chi connectivity index (χ2v) is 10.1. The van der Waals surface area contributed by atoms with Gasteiger partial charge in [0.05, 0.1) is 19.4 Å². The van der Waals surface area contributed by atoms with E-state index in [4.69, 9.17) is 21.1 Å². The number of ether oxygens (including phenoxy) is 2. The number of imidazole rings is 1. The van der Waals surface area contributed by atoms with Crippen LogP contribution >= 0.6 is 11.6 Å². The Balaban J connectivity index is 1.55. The van der Waals surface area contributed by atoms with Crippen LogP contribution < -0.4 is 14.8 Å². The number of hydrogen-bond acceptors (Lipinski definition) is 3. The van der Waals surface area contributed by atoms with E-state index in [2.05, 4.69) is 32.6 Å². The van der Waals surface area contributed by atoms with E-state index < -0.39 is 0 Å². The predicted molar refractivity (Wildman–Crippen MR) is 156 cm³/mol. The summed E-state index contributed by atoms with van der Waals surface area (Å²) >= 11 is 6.19. The van der Waals surface area contributed by atoms with E-state index in [1.54, 1.807) is 7.11 Å². The molecule has 0 saturated heterocycles. The number of aromatic nitrogens is 2. The maximum Gasteiger partial charge on any atom is 0.273 e. The molecular formula is C32H30ClN3O3. The lowest BCUT2D eigenvalue weighted by Gasteiger charge is -2.11. The van der Waals surface area contributed by atoms with Gasteiger partial charge >= 0.3 is 0 Å². The van der Waals surface area contributed by atoms with E-state index in [1.807, 2.05) is 67.6 Å². The van der Waals surface area contributed by atoms with Crippen molar-refractivity contribution in [3.05, 3.63) is 95.3 Å². The van der Waals surface area contributed by atoms with Crippen molar-refractivity contribution in [1.82, 2.24) is 8.97 Å². The molecule has 6 nitrogen and oxygen atoms in total. The Labute approximate surface area is 232 Å². The van der Waals surface area contributed by atoms with Gasteiger partial charge in [-0.3, -0.25) is 9.20 Å². The Morgan fingerprint density at radius 2 is 1.62 bits per heavy atom. The summed E-state index contributed by atoms with van der Waals surface area (Å²) in [5.74, 6) is 1.39. The minimum Gasteiger partial charge on any atom is -0.497 e. The molecule has 2 aromatic heterocycles. The number of hydrogen-bond donors (Lipinski definition) is 1. The molecule has 0 fully saturated rings. The smallest absolute Gasteiger partial charge is 0.273 e. The number of nitrogens with one attached hydrogen (secondary N) is 1. The van der Waals surface area contributed by atoms with Gasteiger partial charge in [0.15, 0.2) is 0 Å². The Bertz CT molecular complexity index is 1630. The molecule has 0 unspecified atom stereocenters. The van der Waals surface area contributed by atoms with Crippen molar-refractivity contribution < 1.29 is 14.3 Å². The summed E-state index contributed by atoms with van der Waals surface area (Å²) in [5, 5.41) is 3.83. The molecule has 39 heavy (non-hydrogen) atoms. The molecule has 0 bridgehead atoms. The van der Waals surface area contributed by atoms with Crippen molar-refractivity contribution in [1.29, 1.82) is 0 Å². The Hall–Kier alpha value is -4.16. The number of amides is 1. The van der Waals surface area contributed by atoms with Crippen LogP contribution in [0.4, 0.5) is 5.69 Å². The zero-order valence-corrected chi connectivity index (χ0v) is 22.8. The van der Waals surface area contributed by atoms with E-state index in [1.165, 1.54) is 5.56 Å². The normalized spacial score (nSPS) is 12.8. The van der Waals surface area contributed by atoms with E-state index in [-0.39, 0.29) is 5.91 Å². The summed E-state index contributed by atoms with van der Waals surface area (Å²) in [6, 6.07) is 23.3. The molecule has 5 aromatic rings. The first-order valence-electron chi connectivity index (χ1n) is 13.3. The lowest BCUT2D eigenvalue weighted by molar-refractivity contribution is 0.102. The van der Waals surface area contributed by atoms with Gasteiger partial charge in [-0.2, -0.15) is 0 Å². The molecule has 0 aliphatic carbocycles. The van der Waals surface area contributed by atoms with Gasteiger partial charge in [-0.15, -0.1) is 0 Å². The Morgan fingerprint density at radius 1 is 0.923 bits per heavy atom. The van der Waals surface area contributed by atoms with Crippen LogP contribution in [-0.4, -0.2) is 28.6 Å². The molecule has 1 aliphatic rings. The van der Waals surface area contributed by atoms with Crippen molar-refractivity contribution in [2.24, 2.45) is 0 Å². The van der Waals surface area contributed by atoms with Gasteiger partial charge in [-0.25, -0.2) is 0 Å². The molecule has 0 saturated carbocycles. The van der Waals surface area contributed by atoms with Gasteiger partial charge in [0, 0.05) is 34.6 Å². The summed E-state index contributed by atoms with van der Waals surface area (Å²) in [6.07, 6.45) is 5.10. The fraction of sp³-hybridized carbons (Fsp3) is 0.219. The summed E-state index contributed by atoms with van der Waals surface area (Å²) in [5.41, 5.74) is 7.70. The third kappa shape index (κ3) is 4.66. The van der Waals surface area contributed by atoms with E-state index in [0.717, 1.165) is 65.3 Å². The number of aryl methyl sites for hydroxylation is 2. The lowest BCUT2D eigenvalue weighted by Crippen LogP contribution is -2.15. The van der Waals surface area contributed by atoms with Crippen LogP contribution in [0.5, 0.6) is 11.5 Å². The molecule has 0 spiro atoms. The fourth-order valence-electron chi connectivity index (χ4n) is 5.52. The third-order valence-corrected chi connectivity index (χ3v) is 7.54. The van der Waals surface area contributed by atoms with Gasteiger partial charge in [0.2, 0.25) is 0 Å². The van der Waals surface area contributed by atoms with Crippen LogP contribution in [0.15, 0.2) is 79.0 Å². The first-order chi connectivity index (χ1) is 19.1. The molecule has 6 rings (SSSR count). The Morgan fingerprint density at radius 3 is 2.31 bits per heavy atom. The van der Waals surface area contributed by atoms with Gasteiger partial charge in [0.25, 0.3) is 5.91 Å². The first kappa shape index (κ1) is 25.1. The SMILES string of the molecule is CCOc1ccc(-c2c3c4n(c(-c5ccc(Cl)cc5)cn4c2C(=O)Nc2ccc(OC)cc2)CCCC3)cc1. The van der Waals surface area contributed by atoms with Crippen molar-refractivity contribution in [2.75, 3.05) is 19.0 Å². The molecule has 3 heterocycles. The number of nitrogens with zero attached hydrogens (tertiary/aromatic N) is 2. The average molecular weight is 540 g/mol. The minimum absolute atomic E-state index is 0.161. The standard InChI is InChI=1S/C32H30ClN3O3/c1-3-39-26-15-9-22(10-16-26)29-27-6-4-5-19-35-28(21-7-11-23(33)12-8-21)20-36(32(27)35)30(29)31(37)34-24-13-17-25(38-2)18-14-24/h7-18,20H,3-6,19H2,1-2H3,(H,34,37). The molecule has 3 aromatic carbocycles. The number of carbonyl (C=O) groups is 1. The maximum atomic E-state index is 14.1. The summed E-state index contributed by atoms with van der Waals surface area (Å²) in [4.78, 5) is 14.1. The second-order valence-electron chi connectivity index (χ2n) is 9.67. The maximum absolute atomic E-state index is 14.1. The molecule has 1 amide bonds. The van der Waals surface area contributed by atoms with Gasteiger partial charge < -0.3 is 19.4 Å². The molecule has 0 radical (unpaired) electrons. The average Bonchev–Trinajstić information content (AvgIpc) is 3.37. The number of halogens is 1. The van der Waals surface area contributed by atoms with Crippen LogP contribution in [0, 0.1) is 0 Å². The highest BCUT2D eigenvalue weighted by atomic mass is 35.5. The van der Waals surface area contributed by atoms with Crippen molar-refractivity contribution in [2.45, 2.75) is 32.7 Å². The number of rotatable bonds is 7. The zero-order valence-electron chi connectivity index (χ0n) is 22.0. The molecule has 1 aliphatic heterocycles. The highest BCUT2D eigenvalue weighted by Gasteiger charge is 2.29. The first-order valence-corrected chi connectivity index (χ1v) is 13.7. The quantitative estimate of drug-likeness (QED) is 0.230. The van der Waals surface area contributed by atoms with Crippen LogP contribution in [0.2, 0.25) is 5.02 Å². The van der Waals surface area contributed by atoms with Crippen LogP contribution in [-0.2, 0) is 13.0 Å². The van der Waals surface area contributed by atoms with Crippen molar-refractivity contribution >= 4 is 28.8 Å². The number of benzene rings is 3. The summed E-state index contributed by atoms with van der Waals surface area (Å²) < 4.78 is 15.4. The predicted octanol–water partition coefficient (Wildman–Crippen LogP) is 7.72. The van der Waals surface area contributed by atoms with Crippen molar-refractivity contribution in [3.8, 4) is 33.9 Å². The highest BCUT2D eigenvalue weighted by molar-refractivity contribution is 6.30. The molecule has 198 valence electrons. The monoisotopic (exact) mass is 539 g/mol. The Kier molecular flexibility index (Phi) is 6.79. The van der Waals surface area contributed by atoms with Crippen LogP contribution in [0.3, 0.4) is 0 Å². The molecule has 7 heteroatoms. The van der Waals surface area contributed by atoms with Crippen LogP contribution in [0.1, 0.15) is 35.8 Å². The number of anilines is 1. The second kappa shape index (κ2) is 10.5. The van der Waals surface area contributed by atoms with Gasteiger partial charge in [-0.1, -0.05) is 35.9 Å². The van der Waals surface area contributed by atoms with Crippen molar-refractivity contribution in [3.63, 3.8) is 0 Å². The van der Waals surface area contributed by atoms with Gasteiger partial charge in [-0.05, 0) is 85.8 Å². The van der Waals surface area contributed by atoms with E-state index in [0.29, 0.717) is 23.0 Å². The summed E-state index contributed by atoms with van der Waals surface area (Å²) in [6.45, 7) is 3.46. The minimum atomic E-state index is -0.161. The van der Waals surface area contributed by atoms with Gasteiger partial charge in [0.1, 0.15) is 22.8 Å². The topological polar surface area (TPSA) is 56.9 Å². The van der Waals surface area contributed by atoms with Crippen LogP contribution in [0.25, 0.3) is 28.0 Å². The lowest BCUT2D eigenvalue weighted by atomic mass is 9.97. The molecule has 0 atom stereocenters. The molecular weight excluding hydrogens is 510 g/mol. The molecule has 1 N–H and O–H groups in total. The fourth-order valence-corrected chi connectivity index (χ4v) is 5.65. The zero-order chi connectivity index (χ0) is 26.9.